The molecule has 2 aliphatic rings. The van der Waals surface area contributed by atoms with Gasteiger partial charge in [-0.1, -0.05) is 6.07 Å². The molecule has 0 saturated carbocycles. The summed E-state index contributed by atoms with van der Waals surface area (Å²) < 4.78 is 0. The van der Waals surface area contributed by atoms with E-state index in [4.69, 9.17) is 4.98 Å². The summed E-state index contributed by atoms with van der Waals surface area (Å²) in [6.45, 7) is 7.68. The lowest BCUT2D eigenvalue weighted by Crippen LogP contribution is -2.48. The van der Waals surface area contributed by atoms with Crippen molar-refractivity contribution in [3.05, 3.63) is 30.6 Å². The summed E-state index contributed by atoms with van der Waals surface area (Å²) in [6.07, 6.45) is 3.62. The zero-order valence-electron chi connectivity index (χ0n) is 14.6. The highest BCUT2D eigenvalue weighted by Crippen LogP contribution is 2.18. The fourth-order valence-corrected chi connectivity index (χ4v) is 3.28. The van der Waals surface area contributed by atoms with Gasteiger partial charge >= 0.3 is 0 Å². The van der Waals surface area contributed by atoms with Crippen LogP contribution in [-0.2, 0) is 0 Å². The zero-order valence-corrected chi connectivity index (χ0v) is 14.6. The molecule has 0 spiro atoms. The van der Waals surface area contributed by atoms with Gasteiger partial charge in [-0.15, -0.1) is 5.10 Å². The van der Waals surface area contributed by atoms with Crippen molar-refractivity contribution in [2.75, 3.05) is 74.1 Å². The van der Waals surface area contributed by atoms with Crippen LogP contribution >= 0.6 is 0 Å². The third-order valence-electron chi connectivity index (χ3n) is 4.90. The van der Waals surface area contributed by atoms with Gasteiger partial charge in [0.05, 0.1) is 6.20 Å². The van der Waals surface area contributed by atoms with E-state index in [1.165, 1.54) is 0 Å². The predicted octanol–water partition coefficient (Wildman–Crippen LogP) is 0.345. The molecule has 2 aromatic rings. The van der Waals surface area contributed by atoms with Crippen molar-refractivity contribution in [2.45, 2.75) is 0 Å². The SMILES string of the molecule is CN1CCN(c2nncc(N3CCN(c4ccccn4)CC3)n2)CC1. The minimum Gasteiger partial charge on any atom is -0.353 e. The van der Waals surface area contributed by atoms with Gasteiger partial charge in [0, 0.05) is 58.6 Å². The number of hydrogen-bond donors (Lipinski definition) is 0. The molecule has 0 aliphatic carbocycles. The first kappa shape index (κ1) is 16.0. The molecule has 0 unspecified atom stereocenters. The van der Waals surface area contributed by atoms with Crippen LogP contribution in [0, 0.1) is 0 Å². The van der Waals surface area contributed by atoms with Crippen molar-refractivity contribution in [2.24, 2.45) is 0 Å². The van der Waals surface area contributed by atoms with Crippen LogP contribution < -0.4 is 14.7 Å². The molecule has 0 aromatic carbocycles. The number of aromatic nitrogens is 4. The predicted molar refractivity (Wildman–Crippen MR) is 98.2 cm³/mol. The van der Waals surface area contributed by atoms with Crippen LogP contribution in [0.15, 0.2) is 30.6 Å². The number of pyridine rings is 1. The summed E-state index contributed by atoms with van der Waals surface area (Å²) in [4.78, 5) is 18.4. The first-order chi connectivity index (χ1) is 12.3. The lowest BCUT2D eigenvalue weighted by atomic mass is 10.3. The van der Waals surface area contributed by atoms with Gasteiger partial charge in [0.15, 0.2) is 5.82 Å². The first-order valence-corrected chi connectivity index (χ1v) is 8.84. The molecule has 0 amide bonds. The summed E-state index contributed by atoms with van der Waals surface area (Å²) in [5, 5.41) is 8.44. The molecule has 8 heteroatoms. The zero-order chi connectivity index (χ0) is 17.1. The third kappa shape index (κ3) is 3.63. The van der Waals surface area contributed by atoms with Crippen molar-refractivity contribution in [3.8, 4) is 0 Å². The Kier molecular flexibility index (Phi) is 4.60. The minimum absolute atomic E-state index is 0.748. The first-order valence-electron chi connectivity index (χ1n) is 8.84. The monoisotopic (exact) mass is 340 g/mol. The number of likely N-dealkylation sites (N-methyl/N-ethyl adjacent to an activating group) is 1. The van der Waals surface area contributed by atoms with Crippen molar-refractivity contribution in [3.63, 3.8) is 0 Å². The van der Waals surface area contributed by atoms with Gasteiger partial charge < -0.3 is 19.6 Å². The van der Waals surface area contributed by atoms with Crippen LogP contribution in [0.2, 0.25) is 0 Å². The highest BCUT2D eigenvalue weighted by molar-refractivity contribution is 5.46. The second-order valence-corrected chi connectivity index (χ2v) is 6.57. The molecule has 4 heterocycles. The molecule has 0 bridgehead atoms. The van der Waals surface area contributed by atoms with E-state index >= 15 is 0 Å². The Bertz CT molecular complexity index is 678. The van der Waals surface area contributed by atoms with Crippen LogP contribution in [-0.4, -0.2) is 84.5 Å². The topological polar surface area (TPSA) is 64.5 Å². The van der Waals surface area contributed by atoms with E-state index in [0.29, 0.717) is 0 Å². The molecular formula is C17H24N8. The summed E-state index contributed by atoms with van der Waals surface area (Å²) in [5.41, 5.74) is 0. The summed E-state index contributed by atoms with van der Waals surface area (Å²) in [5.74, 6) is 2.71. The molecule has 2 aliphatic heterocycles. The summed E-state index contributed by atoms with van der Waals surface area (Å²) in [7, 11) is 2.15. The molecule has 2 saturated heterocycles. The van der Waals surface area contributed by atoms with E-state index in [0.717, 1.165) is 69.9 Å². The largest absolute Gasteiger partial charge is 0.353 e. The molecule has 0 N–H and O–H groups in total. The van der Waals surface area contributed by atoms with Crippen LogP contribution in [0.4, 0.5) is 17.6 Å². The molecular weight excluding hydrogens is 316 g/mol. The molecule has 25 heavy (non-hydrogen) atoms. The van der Waals surface area contributed by atoms with Crippen LogP contribution in [0.25, 0.3) is 0 Å². The van der Waals surface area contributed by atoms with Crippen LogP contribution in [0.3, 0.4) is 0 Å². The van der Waals surface area contributed by atoms with Gasteiger partial charge in [0.25, 0.3) is 0 Å². The van der Waals surface area contributed by atoms with Crippen molar-refractivity contribution >= 4 is 17.6 Å². The van der Waals surface area contributed by atoms with E-state index in [-0.39, 0.29) is 0 Å². The second-order valence-electron chi connectivity index (χ2n) is 6.57. The normalized spacial score (nSPS) is 19.3. The molecule has 0 radical (unpaired) electrons. The van der Waals surface area contributed by atoms with Crippen LogP contribution in [0.1, 0.15) is 0 Å². The standard InChI is InChI=1S/C17H24N8/c1-22-6-8-25(9-7-22)17-20-16(14-19-21-17)24-12-10-23(11-13-24)15-4-2-3-5-18-15/h2-5,14H,6-13H2,1H3. The van der Waals surface area contributed by atoms with Gasteiger partial charge in [-0.2, -0.15) is 10.1 Å². The Morgan fingerprint density at radius 1 is 0.800 bits per heavy atom. The van der Waals surface area contributed by atoms with Crippen molar-refractivity contribution < 1.29 is 0 Å². The lowest BCUT2D eigenvalue weighted by molar-refractivity contribution is 0.311. The van der Waals surface area contributed by atoms with Crippen LogP contribution in [0.5, 0.6) is 0 Å². The summed E-state index contributed by atoms with van der Waals surface area (Å²) >= 11 is 0. The van der Waals surface area contributed by atoms with Gasteiger partial charge in [0.2, 0.25) is 5.95 Å². The Labute approximate surface area is 148 Å². The van der Waals surface area contributed by atoms with E-state index in [1.807, 2.05) is 18.3 Å². The Morgan fingerprint density at radius 3 is 2.16 bits per heavy atom. The third-order valence-corrected chi connectivity index (χ3v) is 4.90. The second kappa shape index (κ2) is 7.18. The van der Waals surface area contributed by atoms with E-state index < -0.39 is 0 Å². The number of rotatable bonds is 3. The lowest BCUT2D eigenvalue weighted by Gasteiger charge is -2.36. The fourth-order valence-electron chi connectivity index (χ4n) is 3.28. The average Bonchev–Trinajstić information content (AvgIpc) is 2.69. The average molecular weight is 340 g/mol. The Hall–Kier alpha value is -2.48. The Morgan fingerprint density at radius 2 is 1.48 bits per heavy atom. The van der Waals surface area contributed by atoms with E-state index in [1.54, 1.807) is 6.20 Å². The highest BCUT2D eigenvalue weighted by atomic mass is 15.4. The highest BCUT2D eigenvalue weighted by Gasteiger charge is 2.22. The maximum atomic E-state index is 4.77. The van der Waals surface area contributed by atoms with Gasteiger partial charge in [0.1, 0.15) is 5.82 Å². The van der Waals surface area contributed by atoms with E-state index in [9.17, 15) is 0 Å². The number of anilines is 3. The number of hydrogen-bond acceptors (Lipinski definition) is 8. The van der Waals surface area contributed by atoms with Gasteiger partial charge in [-0.3, -0.25) is 0 Å². The fraction of sp³-hybridized carbons (Fsp3) is 0.529. The maximum Gasteiger partial charge on any atom is 0.247 e. The molecule has 132 valence electrons. The quantitative estimate of drug-likeness (QED) is 0.793. The molecule has 0 atom stereocenters. The molecule has 2 aromatic heterocycles. The number of nitrogens with zero attached hydrogens (tertiary/aromatic N) is 8. The minimum atomic E-state index is 0.748. The van der Waals surface area contributed by atoms with Gasteiger partial charge in [-0.05, 0) is 19.2 Å². The summed E-state index contributed by atoms with van der Waals surface area (Å²) in [6, 6.07) is 6.05. The Balaban J connectivity index is 1.40. The maximum absolute atomic E-state index is 4.77. The molecule has 2 fully saturated rings. The van der Waals surface area contributed by atoms with Crippen molar-refractivity contribution in [1.82, 2.24) is 25.1 Å². The van der Waals surface area contributed by atoms with E-state index in [2.05, 4.69) is 47.9 Å². The van der Waals surface area contributed by atoms with Gasteiger partial charge in [-0.25, -0.2) is 4.98 Å². The molecule has 8 nitrogen and oxygen atoms in total. The van der Waals surface area contributed by atoms with Crippen molar-refractivity contribution in [1.29, 1.82) is 0 Å². The molecule has 4 rings (SSSR count). The number of piperazine rings is 2. The smallest absolute Gasteiger partial charge is 0.247 e.